The van der Waals surface area contributed by atoms with Gasteiger partial charge in [0.25, 0.3) is 0 Å². The molecule has 0 aliphatic heterocycles. The lowest BCUT2D eigenvalue weighted by Crippen LogP contribution is -2.30. The van der Waals surface area contributed by atoms with Crippen LogP contribution in [-0.4, -0.2) is 0 Å². The van der Waals surface area contributed by atoms with Crippen LogP contribution in [0.2, 0.25) is 0 Å². The van der Waals surface area contributed by atoms with Crippen molar-refractivity contribution in [2.75, 3.05) is 9.80 Å². The Morgan fingerprint density at radius 2 is 0.688 bits per heavy atom. The van der Waals surface area contributed by atoms with Crippen LogP contribution in [0.25, 0.3) is 12.2 Å². The molecule has 0 radical (unpaired) electrons. The van der Waals surface area contributed by atoms with Crippen molar-refractivity contribution in [3.05, 3.63) is 193 Å². The summed E-state index contributed by atoms with van der Waals surface area (Å²) in [6.45, 7) is 7.87. The van der Waals surface area contributed by atoms with Crippen molar-refractivity contribution in [3.63, 3.8) is 0 Å². The Morgan fingerprint density at radius 3 is 1.02 bits per heavy atom. The SMILES string of the molecule is C=Cc1ccc(N(c2ccccc2)c2ccc(C3(c4ccc(N(c5ccccc5)c5ccc(C=C)cc5)cc4)CCCCC3)cc2)cc1. The van der Waals surface area contributed by atoms with Crippen molar-refractivity contribution in [2.24, 2.45) is 0 Å². The van der Waals surface area contributed by atoms with Gasteiger partial charge in [0.15, 0.2) is 0 Å². The largest absolute Gasteiger partial charge is 0.311 e. The minimum Gasteiger partial charge on any atom is -0.311 e. The summed E-state index contributed by atoms with van der Waals surface area (Å²) < 4.78 is 0. The van der Waals surface area contributed by atoms with E-state index >= 15 is 0 Å². The topological polar surface area (TPSA) is 6.48 Å². The van der Waals surface area contributed by atoms with Gasteiger partial charge in [-0.05, 0) is 108 Å². The van der Waals surface area contributed by atoms with E-state index in [1.54, 1.807) is 0 Å². The molecule has 1 aliphatic carbocycles. The molecule has 48 heavy (non-hydrogen) atoms. The third-order valence-corrected chi connectivity index (χ3v) is 9.87. The van der Waals surface area contributed by atoms with Gasteiger partial charge in [0.05, 0.1) is 0 Å². The quantitative estimate of drug-likeness (QED) is 0.150. The summed E-state index contributed by atoms with van der Waals surface area (Å²) in [5, 5.41) is 0. The molecule has 0 spiro atoms. The molecule has 6 aromatic carbocycles. The highest BCUT2D eigenvalue weighted by molar-refractivity contribution is 5.78. The molecule has 0 N–H and O–H groups in total. The summed E-state index contributed by atoms with van der Waals surface area (Å²) in [7, 11) is 0. The fourth-order valence-electron chi connectivity index (χ4n) is 7.33. The van der Waals surface area contributed by atoms with Crippen molar-refractivity contribution in [1.29, 1.82) is 0 Å². The second-order valence-electron chi connectivity index (χ2n) is 12.7. The Morgan fingerprint density at radius 1 is 0.375 bits per heavy atom. The molecule has 2 nitrogen and oxygen atoms in total. The molecule has 0 bridgehead atoms. The molecule has 1 saturated carbocycles. The van der Waals surface area contributed by atoms with Crippen LogP contribution in [0.3, 0.4) is 0 Å². The fraction of sp³-hybridized carbons (Fsp3) is 0.130. The van der Waals surface area contributed by atoms with E-state index in [9.17, 15) is 0 Å². The Hall–Kier alpha value is -5.60. The molecule has 1 aliphatic rings. The van der Waals surface area contributed by atoms with Gasteiger partial charge in [-0.3, -0.25) is 0 Å². The first-order valence-electron chi connectivity index (χ1n) is 17.0. The first-order valence-corrected chi connectivity index (χ1v) is 17.0. The zero-order valence-electron chi connectivity index (χ0n) is 27.5. The maximum absolute atomic E-state index is 3.94. The van der Waals surface area contributed by atoms with Gasteiger partial charge in [-0.25, -0.2) is 0 Å². The summed E-state index contributed by atoms with van der Waals surface area (Å²) in [5.41, 5.74) is 11.9. The number of hydrogen-bond donors (Lipinski definition) is 0. The van der Waals surface area contributed by atoms with E-state index in [2.05, 4.69) is 181 Å². The van der Waals surface area contributed by atoms with Gasteiger partial charge in [0.1, 0.15) is 0 Å². The van der Waals surface area contributed by atoms with Crippen LogP contribution < -0.4 is 9.80 Å². The first-order chi connectivity index (χ1) is 23.7. The van der Waals surface area contributed by atoms with Crippen molar-refractivity contribution >= 4 is 46.3 Å². The summed E-state index contributed by atoms with van der Waals surface area (Å²) >= 11 is 0. The highest BCUT2D eigenvalue weighted by Gasteiger charge is 2.36. The Labute approximate surface area is 286 Å². The average molecular weight is 623 g/mol. The van der Waals surface area contributed by atoms with Crippen LogP contribution in [0.15, 0.2) is 171 Å². The highest BCUT2D eigenvalue weighted by atomic mass is 15.1. The number of benzene rings is 6. The van der Waals surface area contributed by atoms with Gasteiger partial charge in [-0.1, -0.05) is 130 Å². The standard InChI is InChI=1S/C46H42N2/c1-3-36-18-26-42(27-19-36)47(40-14-8-5-9-15-40)44-30-22-38(23-31-44)46(34-12-7-13-35-46)39-24-32-45(33-25-39)48(41-16-10-6-11-17-41)43-28-20-37(4-2)21-29-43/h3-6,8-11,14-33H,1-2,7,12-13,34-35H2. The molecule has 0 atom stereocenters. The summed E-state index contributed by atoms with van der Waals surface area (Å²) in [6.07, 6.45) is 9.86. The summed E-state index contributed by atoms with van der Waals surface area (Å²) in [4.78, 5) is 4.66. The lowest BCUT2D eigenvalue weighted by molar-refractivity contribution is 0.346. The smallest absolute Gasteiger partial charge is 0.0462 e. The molecule has 0 aromatic heterocycles. The predicted molar refractivity (Wildman–Crippen MR) is 206 cm³/mol. The van der Waals surface area contributed by atoms with E-state index in [-0.39, 0.29) is 5.41 Å². The van der Waals surface area contributed by atoms with E-state index < -0.39 is 0 Å². The van der Waals surface area contributed by atoms with Crippen LogP contribution in [0.5, 0.6) is 0 Å². The lowest BCUT2D eigenvalue weighted by atomic mass is 9.65. The third-order valence-electron chi connectivity index (χ3n) is 9.87. The second-order valence-corrected chi connectivity index (χ2v) is 12.7. The molecular formula is C46H42N2. The average Bonchev–Trinajstić information content (AvgIpc) is 3.17. The number of rotatable bonds is 10. The molecule has 0 amide bonds. The monoisotopic (exact) mass is 622 g/mol. The van der Waals surface area contributed by atoms with Gasteiger partial charge in [-0.2, -0.15) is 0 Å². The van der Waals surface area contributed by atoms with Crippen LogP contribution in [-0.2, 0) is 5.41 Å². The van der Waals surface area contributed by atoms with Crippen molar-refractivity contribution < 1.29 is 0 Å². The Kier molecular flexibility index (Phi) is 9.07. The zero-order valence-corrected chi connectivity index (χ0v) is 27.5. The number of hydrogen-bond acceptors (Lipinski definition) is 2. The Bertz CT molecular complexity index is 1790. The van der Waals surface area contributed by atoms with Gasteiger partial charge < -0.3 is 9.80 Å². The summed E-state index contributed by atoms with van der Waals surface area (Å²) in [5.74, 6) is 0. The molecule has 1 fully saturated rings. The van der Waals surface area contributed by atoms with E-state index in [1.807, 2.05) is 12.2 Å². The molecule has 0 unspecified atom stereocenters. The third kappa shape index (κ3) is 6.22. The highest BCUT2D eigenvalue weighted by Crippen LogP contribution is 2.47. The van der Waals surface area contributed by atoms with E-state index in [0.717, 1.165) is 58.1 Å². The normalized spacial score (nSPS) is 13.8. The van der Waals surface area contributed by atoms with Crippen molar-refractivity contribution in [3.8, 4) is 0 Å². The molecule has 7 rings (SSSR count). The maximum Gasteiger partial charge on any atom is 0.0462 e. The molecule has 2 heteroatoms. The fourth-order valence-corrected chi connectivity index (χ4v) is 7.33. The van der Waals surface area contributed by atoms with Crippen LogP contribution in [0, 0.1) is 0 Å². The van der Waals surface area contributed by atoms with Gasteiger partial charge in [-0.15, -0.1) is 0 Å². The first kappa shape index (κ1) is 31.0. The van der Waals surface area contributed by atoms with Gasteiger partial charge in [0.2, 0.25) is 0 Å². The lowest BCUT2D eigenvalue weighted by Gasteiger charge is -2.39. The van der Waals surface area contributed by atoms with Crippen molar-refractivity contribution in [1.82, 2.24) is 0 Å². The Balaban J connectivity index is 1.24. The molecule has 6 aromatic rings. The minimum atomic E-state index is -0.0122. The molecule has 236 valence electrons. The molecular weight excluding hydrogens is 581 g/mol. The van der Waals surface area contributed by atoms with E-state index in [0.29, 0.717) is 0 Å². The van der Waals surface area contributed by atoms with E-state index in [1.165, 1.54) is 30.4 Å². The van der Waals surface area contributed by atoms with Crippen LogP contribution in [0.4, 0.5) is 34.1 Å². The predicted octanol–water partition coefficient (Wildman–Crippen LogP) is 13.2. The number of para-hydroxylation sites is 2. The number of nitrogens with zero attached hydrogens (tertiary/aromatic N) is 2. The number of anilines is 6. The zero-order chi connectivity index (χ0) is 32.8. The van der Waals surface area contributed by atoms with Crippen LogP contribution >= 0.6 is 0 Å². The second kappa shape index (κ2) is 14.0. The minimum absolute atomic E-state index is 0.0122. The molecule has 0 heterocycles. The van der Waals surface area contributed by atoms with E-state index in [4.69, 9.17) is 0 Å². The van der Waals surface area contributed by atoms with Crippen molar-refractivity contribution in [2.45, 2.75) is 37.5 Å². The van der Waals surface area contributed by atoms with Crippen LogP contribution in [0.1, 0.15) is 54.4 Å². The maximum atomic E-state index is 3.94. The summed E-state index contributed by atoms with van der Waals surface area (Å²) in [6, 6.07) is 57.2. The molecule has 0 saturated heterocycles. The van der Waals surface area contributed by atoms with Gasteiger partial charge >= 0.3 is 0 Å². The van der Waals surface area contributed by atoms with Gasteiger partial charge in [0, 0.05) is 39.5 Å².